The quantitative estimate of drug-likeness (QED) is 0.884. The van der Waals surface area contributed by atoms with Crippen LogP contribution in [-0.4, -0.2) is 24.2 Å². The van der Waals surface area contributed by atoms with Gasteiger partial charge in [0, 0.05) is 23.2 Å². The molecule has 0 spiro atoms. The Hall–Kier alpha value is -0.870. The van der Waals surface area contributed by atoms with E-state index >= 15 is 0 Å². The maximum absolute atomic E-state index is 12.2. The molecule has 1 aromatic carbocycles. The highest BCUT2D eigenvalue weighted by Crippen LogP contribution is 2.29. The smallest absolute Gasteiger partial charge is 0.251 e. The average molecular weight is 340 g/mol. The summed E-state index contributed by atoms with van der Waals surface area (Å²) in [5.74, 6) is 0.718. The minimum atomic E-state index is -0.0309. The van der Waals surface area contributed by atoms with Crippen LogP contribution in [0.4, 0.5) is 0 Å². The topological polar surface area (TPSA) is 49.3 Å². The second kappa shape index (κ2) is 7.23. The molecule has 2 atom stereocenters. The van der Waals surface area contributed by atoms with Crippen molar-refractivity contribution in [3.05, 3.63) is 33.8 Å². The molecule has 1 aliphatic rings. The third-order valence-corrected chi connectivity index (χ3v) is 4.59. The van der Waals surface area contributed by atoms with Crippen molar-refractivity contribution in [2.75, 3.05) is 13.2 Å². The first-order valence-electron chi connectivity index (χ1n) is 7.26. The number of nitrogens with one attached hydrogen (secondary N) is 1. The molecule has 2 N–H and O–H groups in total. The predicted molar refractivity (Wildman–Crippen MR) is 83.7 cm³/mol. The number of carbonyl (C=O) groups excluding carboxylic acids is 1. The number of carbonyl (C=O) groups is 1. The van der Waals surface area contributed by atoms with E-state index in [0.717, 1.165) is 22.9 Å². The summed E-state index contributed by atoms with van der Waals surface area (Å²) in [5.41, 5.74) is 1.75. The molecule has 20 heavy (non-hydrogen) atoms. The Kier molecular flexibility index (Phi) is 5.61. The van der Waals surface area contributed by atoms with Crippen molar-refractivity contribution in [2.24, 2.45) is 11.8 Å². The molecule has 0 aromatic heterocycles. The molecule has 1 aromatic rings. The van der Waals surface area contributed by atoms with Crippen LogP contribution in [0.25, 0.3) is 0 Å². The average Bonchev–Trinajstić information content (AvgIpc) is 2.44. The summed E-state index contributed by atoms with van der Waals surface area (Å²) in [4.78, 5) is 12.2. The van der Waals surface area contributed by atoms with Gasteiger partial charge >= 0.3 is 0 Å². The van der Waals surface area contributed by atoms with Gasteiger partial charge in [-0.2, -0.15) is 0 Å². The number of benzene rings is 1. The number of aryl methyl sites for hydroxylation is 1. The maximum atomic E-state index is 12.2. The van der Waals surface area contributed by atoms with Crippen LogP contribution < -0.4 is 5.32 Å². The van der Waals surface area contributed by atoms with Crippen LogP contribution in [0.5, 0.6) is 0 Å². The Morgan fingerprint density at radius 1 is 1.30 bits per heavy atom. The molecule has 0 aliphatic heterocycles. The fourth-order valence-corrected chi connectivity index (χ4v) is 3.59. The molecule has 2 unspecified atom stereocenters. The zero-order chi connectivity index (χ0) is 14.5. The highest BCUT2D eigenvalue weighted by Gasteiger charge is 2.24. The van der Waals surface area contributed by atoms with Gasteiger partial charge in [0.25, 0.3) is 5.91 Å². The van der Waals surface area contributed by atoms with Gasteiger partial charge in [0.05, 0.1) is 0 Å². The van der Waals surface area contributed by atoms with E-state index in [9.17, 15) is 9.90 Å². The Bertz CT molecular complexity index is 455. The number of amides is 1. The molecule has 2 rings (SSSR count). The summed E-state index contributed by atoms with van der Waals surface area (Å²) in [7, 11) is 0. The maximum Gasteiger partial charge on any atom is 0.251 e. The summed E-state index contributed by atoms with van der Waals surface area (Å²) in [6.07, 6.45) is 4.57. The summed E-state index contributed by atoms with van der Waals surface area (Å²) in [6, 6.07) is 5.72. The predicted octanol–water partition coefficient (Wildman–Crippen LogP) is 3.29. The third-order valence-electron chi connectivity index (χ3n) is 4.13. The largest absolute Gasteiger partial charge is 0.396 e. The fourth-order valence-electron chi connectivity index (χ4n) is 2.99. The van der Waals surface area contributed by atoms with Crippen LogP contribution in [0.1, 0.15) is 41.6 Å². The van der Waals surface area contributed by atoms with Crippen LogP contribution in [0.3, 0.4) is 0 Å². The lowest BCUT2D eigenvalue weighted by molar-refractivity contribution is 0.0909. The SMILES string of the molecule is Cc1cc(Br)cc(C(=O)NCC2CCCCC2CO)c1. The van der Waals surface area contributed by atoms with Gasteiger partial charge in [0.2, 0.25) is 0 Å². The minimum absolute atomic E-state index is 0.0309. The van der Waals surface area contributed by atoms with E-state index in [4.69, 9.17) is 0 Å². The van der Waals surface area contributed by atoms with Gasteiger partial charge < -0.3 is 10.4 Å². The van der Waals surface area contributed by atoms with Crippen molar-refractivity contribution in [2.45, 2.75) is 32.6 Å². The Morgan fingerprint density at radius 2 is 2.00 bits per heavy atom. The molecular weight excluding hydrogens is 318 g/mol. The molecule has 1 fully saturated rings. The first-order chi connectivity index (χ1) is 9.60. The van der Waals surface area contributed by atoms with Crippen LogP contribution in [0.2, 0.25) is 0 Å². The molecule has 1 amide bonds. The normalized spacial score (nSPS) is 22.6. The highest BCUT2D eigenvalue weighted by molar-refractivity contribution is 9.10. The zero-order valence-electron chi connectivity index (χ0n) is 11.9. The van der Waals surface area contributed by atoms with Crippen LogP contribution >= 0.6 is 15.9 Å². The van der Waals surface area contributed by atoms with Crippen LogP contribution in [0.15, 0.2) is 22.7 Å². The van der Waals surface area contributed by atoms with E-state index in [1.165, 1.54) is 12.8 Å². The molecule has 110 valence electrons. The number of hydrogen-bond donors (Lipinski definition) is 2. The molecule has 0 saturated heterocycles. The standard InChI is InChI=1S/C16H22BrNO2/c1-11-6-14(8-15(17)7-11)16(20)18-9-12-4-2-3-5-13(12)10-19/h6-8,12-13,19H,2-5,9-10H2,1H3,(H,18,20). The van der Waals surface area contributed by atoms with Gasteiger partial charge in [-0.05, 0) is 55.4 Å². The van der Waals surface area contributed by atoms with Crippen molar-refractivity contribution in [1.82, 2.24) is 5.32 Å². The Morgan fingerprint density at radius 3 is 2.65 bits per heavy atom. The fraction of sp³-hybridized carbons (Fsp3) is 0.562. The Labute approximate surface area is 128 Å². The van der Waals surface area contributed by atoms with E-state index in [0.29, 0.717) is 23.9 Å². The van der Waals surface area contributed by atoms with Crippen molar-refractivity contribution in [1.29, 1.82) is 0 Å². The molecule has 0 radical (unpaired) electrons. The first kappa shape index (κ1) is 15.5. The van der Waals surface area contributed by atoms with Gasteiger partial charge in [-0.25, -0.2) is 0 Å². The van der Waals surface area contributed by atoms with E-state index < -0.39 is 0 Å². The Balaban J connectivity index is 1.94. The first-order valence-corrected chi connectivity index (χ1v) is 8.05. The van der Waals surface area contributed by atoms with E-state index in [1.54, 1.807) is 0 Å². The van der Waals surface area contributed by atoms with Crippen molar-refractivity contribution in [3.8, 4) is 0 Å². The zero-order valence-corrected chi connectivity index (χ0v) is 13.4. The second-order valence-electron chi connectivity index (χ2n) is 5.71. The molecule has 1 saturated carbocycles. The number of aliphatic hydroxyl groups excluding tert-OH is 1. The van der Waals surface area contributed by atoms with Crippen molar-refractivity contribution < 1.29 is 9.90 Å². The lowest BCUT2D eigenvalue weighted by Gasteiger charge is -2.30. The van der Waals surface area contributed by atoms with Gasteiger partial charge in [0.1, 0.15) is 0 Å². The summed E-state index contributed by atoms with van der Waals surface area (Å²) in [5, 5.41) is 12.4. The monoisotopic (exact) mass is 339 g/mol. The number of rotatable bonds is 4. The van der Waals surface area contributed by atoms with Gasteiger partial charge in [-0.15, -0.1) is 0 Å². The van der Waals surface area contributed by atoms with Gasteiger partial charge in [-0.3, -0.25) is 4.79 Å². The van der Waals surface area contributed by atoms with E-state index in [1.807, 2.05) is 25.1 Å². The lowest BCUT2D eigenvalue weighted by atomic mass is 9.79. The second-order valence-corrected chi connectivity index (χ2v) is 6.63. The molecule has 0 bridgehead atoms. The summed E-state index contributed by atoms with van der Waals surface area (Å²) < 4.78 is 0.925. The van der Waals surface area contributed by atoms with Crippen LogP contribution in [0, 0.1) is 18.8 Å². The van der Waals surface area contributed by atoms with Crippen molar-refractivity contribution in [3.63, 3.8) is 0 Å². The molecule has 0 heterocycles. The summed E-state index contributed by atoms with van der Waals surface area (Å²) in [6.45, 7) is 2.87. The highest BCUT2D eigenvalue weighted by atomic mass is 79.9. The molecule has 3 nitrogen and oxygen atoms in total. The van der Waals surface area contributed by atoms with Crippen molar-refractivity contribution >= 4 is 21.8 Å². The molecule has 1 aliphatic carbocycles. The number of halogens is 1. The van der Waals surface area contributed by atoms with Gasteiger partial charge in [0.15, 0.2) is 0 Å². The molecule has 4 heteroatoms. The molecular formula is C16H22BrNO2. The van der Waals surface area contributed by atoms with Gasteiger partial charge in [-0.1, -0.05) is 28.8 Å². The summed E-state index contributed by atoms with van der Waals surface area (Å²) >= 11 is 3.42. The minimum Gasteiger partial charge on any atom is -0.396 e. The van der Waals surface area contributed by atoms with Crippen LogP contribution in [-0.2, 0) is 0 Å². The lowest BCUT2D eigenvalue weighted by Crippen LogP contribution is -2.35. The number of hydrogen-bond acceptors (Lipinski definition) is 2. The third kappa shape index (κ3) is 4.06. The number of aliphatic hydroxyl groups is 1. The van der Waals surface area contributed by atoms with E-state index in [-0.39, 0.29) is 12.5 Å². The van der Waals surface area contributed by atoms with E-state index in [2.05, 4.69) is 21.2 Å².